The second kappa shape index (κ2) is 15.4. The average Bonchev–Trinajstić information content (AvgIpc) is 2.92. The lowest BCUT2D eigenvalue weighted by Crippen LogP contribution is -2.09. The summed E-state index contributed by atoms with van der Waals surface area (Å²) in [5.41, 5.74) is 3.19. The molecule has 3 aromatic rings. The van der Waals surface area contributed by atoms with Gasteiger partial charge in [-0.15, -0.1) is 0 Å². The molecule has 3 rings (SSSR count). The van der Waals surface area contributed by atoms with Crippen LogP contribution in [0.3, 0.4) is 0 Å². The zero-order valence-corrected chi connectivity index (χ0v) is 21.2. The van der Waals surface area contributed by atoms with E-state index in [9.17, 15) is 4.79 Å². The van der Waals surface area contributed by atoms with Gasteiger partial charge in [-0.1, -0.05) is 64.0 Å². The molecule has 0 aliphatic carbocycles. The van der Waals surface area contributed by atoms with Crippen LogP contribution in [0.4, 0.5) is 0 Å². The van der Waals surface area contributed by atoms with Gasteiger partial charge in [0.1, 0.15) is 11.5 Å². The van der Waals surface area contributed by atoms with Crippen molar-refractivity contribution >= 4 is 5.97 Å². The van der Waals surface area contributed by atoms with Crippen molar-refractivity contribution in [1.29, 1.82) is 5.26 Å². The van der Waals surface area contributed by atoms with Crippen LogP contribution in [0.25, 0.3) is 0 Å². The molecule has 5 heteroatoms. The van der Waals surface area contributed by atoms with Gasteiger partial charge in [-0.3, -0.25) is 4.98 Å². The zero-order valence-electron chi connectivity index (χ0n) is 21.2. The first-order chi connectivity index (χ1) is 17.7. The van der Waals surface area contributed by atoms with Crippen molar-refractivity contribution in [1.82, 2.24) is 4.98 Å². The Morgan fingerprint density at radius 2 is 1.47 bits per heavy atom. The number of unbranched alkanes of at least 4 members (excludes halogenated alkanes) is 7. The van der Waals surface area contributed by atoms with E-state index >= 15 is 0 Å². The Morgan fingerprint density at radius 3 is 2.11 bits per heavy atom. The number of carbonyl (C=O) groups excluding carboxylic acids is 1. The lowest BCUT2D eigenvalue weighted by Gasteiger charge is -2.08. The Hall–Kier alpha value is -3.65. The van der Waals surface area contributed by atoms with Crippen LogP contribution in [0, 0.1) is 11.3 Å². The summed E-state index contributed by atoms with van der Waals surface area (Å²) in [6.07, 6.45) is 13.3. The van der Waals surface area contributed by atoms with E-state index in [0.29, 0.717) is 23.5 Å². The first-order valence-electron chi connectivity index (χ1n) is 13.1. The highest BCUT2D eigenvalue weighted by Crippen LogP contribution is 2.17. The van der Waals surface area contributed by atoms with E-state index in [1.54, 1.807) is 24.4 Å². The number of rotatable bonds is 15. The molecular weight excluding hydrogens is 448 g/mol. The summed E-state index contributed by atoms with van der Waals surface area (Å²) in [7, 11) is 0. The summed E-state index contributed by atoms with van der Waals surface area (Å²) in [5, 5.41) is 8.89. The van der Waals surface area contributed by atoms with Crippen molar-refractivity contribution in [3.05, 3.63) is 89.2 Å². The highest BCUT2D eigenvalue weighted by Gasteiger charge is 2.09. The third kappa shape index (κ3) is 9.54. The van der Waals surface area contributed by atoms with Crippen LogP contribution >= 0.6 is 0 Å². The van der Waals surface area contributed by atoms with Crippen LogP contribution in [0.5, 0.6) is 11.5 Å². The van der Waals surface area contributed by atoms with Gasteiger partial charge in [0.15, 0.2) is 0 Å². The molecule has 0 aliphatic rings. The predicted octanol–water partition coefficient (Wildman–Crippen LogP) is 7.48. The van der Waals surface area contributed by atoms with E-state index in [4.69, 9.17) is 14.7 Å². The number of esters is 1. The van der Waals surface area contributed by atoms with Gasteiger partial charge < -0.3 is 9.47 Å². The summed E-state index contributed by atoms with van der Waals surface area (Å²) in [5.74, 6) is 0.761. The molecule has 0 saturated carbocycles. The van der Waals surface area contributed by atoms with Crippen LogP contribution < -0.4 is 9.47 Å². The average molecular weight is 485 g/mol. The molecule has 1 aromatic heterocycles. The molecule has 0 amide bonds. The summed E-state index contributed by atoms with van der Waals surface area (Å²) < 4.78 is 11.3. The van der Waals surface area contributed by atoms with Crippen LogP contribution in [-0.4, -0.2) is 17.6 Å². The van der Waals surface area contributed by atoms with Gasteiger partial charge in [-0.05, 0) is 73.4 Å². The molecular formula is C31H36N2O3. The molecule has 0 unspecified atom stereocenters. The van der Waals surface area contributed by atoms with Crippen molar-refractivity contribution < 1.29 is 14.3 Å². The topological polar surface area (TPSA) is 72.2 Å². The molecule has 5 nitrogen and oxygen atoms in total. The summed E-state index contributed by atoms with van der Waals surface area (Å²) >= 11 is 0. The fourth-order valence-electron chi connectivity index (χ4n) is 3.92. The highest BCUT2D eigenvalue weighted by molar-refractivity contribution is 5.91. The van der Waals surface area contributed by atoms with Crippen LogP contribution in [0.15, 0.2) is 66.9 Å². The molecule has 1 heterocycles. The van der Waals surface area contributed by atoms with E-state index in [2.05, 4.69) is 18.0 Å². The molecule has 188 valence electrons. The SMILES string of the molecule is CCCCCCCCCCOc1ccc(C(=O)Oc2ccc(CCc3ccc(C#N)cc3)nc2)cc1. The maximum absolute atomic E-state index is 12.5. The second-order valence-electron chi connectivity index (χ2n) is 9.03. The van der Waals surface area contributed by atoms with E-state index < -0.39 is 5.97 Å². The molecule has 0 radical (unpaired) electrons. The fraction of sp³-hybridized carbons (Fsp3) is 0.387. The minimum atomic E-state index is -0.420. The Balaban J connectivity index is 1.36. The molecule has 0 spiro atoms. The standard InChI is InChI=1S/C31H36N2O3/c1-2-3-4-5-6-7-8-9-22-35-29-19-15-27(16-20-29)31(34)36-30-21-18-28(33-24-30)17-14-25-10-12-26(23-32)13-11-25/h10-13,15-16,18-21,24H,2-9,14,17,22H2,1H3. The highest BCUT2D eigenvalue weighted by atomic mass is 16.5. The van der Waals surface area contributed by atoms with Gasteiger partial charge in [0.2, 0.25) is 0 Å². The minimum Gasteiger partial charge on any atom is -0.494 e. The van der Waals surface area contributed by atoms with Crippen molar-refractivity contribution in [2.45, 2.75) is 71.1 Å². The van der Waals surface area contributed by atoms with Gasteiger partial charge in [0, 0.05) is 5.69 Å². The van der Waals surface area contributed by atoms with Crippen molar-refractivity contribution in [2.75, 3.05) is 6.61 Å². The van der Waals surface area contributed by atoms with E-state index in [1.807, 2.05) is 42.5 Å². The first kappa shape index (κ1) is 26.9. The Morgan fingerprint density at radius 1 is 0.806 bits per heavy atom. The summed E-state index contributed by atoms with van der Waals surface area (Å²) in [4.78, 5) is 16.9. The number of aromatic nitrogens is 1. The molecule has 2 aromatic carbocycles. The van der Waals surface area contributed by atoms with Gasteiger partial charge >= 0.3 is 5.97 Å². The number of ether oxygens (including phenoxy) is 2. The van der Waals surface area contributed by atoms with E-state index in [-0.39, 0.29) is 0 Å². The van der Waals surface area contributed by atoms with Gasteiger partial charge in [-0.2, -0.15) is 5.26 Å². The molecule has 36 heavy (non-hydrogen) atoms. The Labute approximate surface area is 215 Å². The molecule has 0 saturated heterocycles. The number of benzene rings is 2. The molecule has 0 bridgehead atoms. The number of hydrogen-bond acceptors (Lipinski definition) is 5. The second-order valence-corrected chi connectivity index (χ2v) is 9.03. The smallest absolute Gasteiger partial charge is 0.343 e. The third-order valence-corrected chi connectivity index (χ3v) is 6.12. The van der Waals surface area contributed by atoms with Crippen LogP contribution in [0.1, 0.15) is 85.5 Å². The van der Waals surface area contributed by atoms with Crippen molar-refractivity contribution in [3.8, 4) is 17.6 Å². The van der Waals surface area contributed by atoms with E-state index in [0.717, 1.165) is 36.3 Å². The van der Waals surface area contributed by atoms with Gasteiger partial charge in [0.25, 0.3) is 0 Å². The molecule has 0 atom stereocenters. The number of pyridine rings is 1. The van der Waals surface area contributed by atoms with Gasteiger partial charge in [0.05, 0.1) is 30.0 Å². The normalized spacial score (nSPS) is 10.6. The Bertz CT molecular complexity index is 1080. The van der Waals surface area contributed by atoms with Crippen LogP contribution in [0.2, 0.25) is 0 Å². The first-order valence-corrected chi connectivity index (χ1v) is 13.1. The monoisotopic (exact) mass is 484 g/mol. The molecule has 0 N–H and O–H groups in total. The number of aryl methyl sites for hydroxylation is 2. The third-order valence-electron chi connectivity index (χ3n) is 6.12. The largest absolute Gasteiger partial charge is 0.494 e. The maximum Gasteiger partial charge on any atom is 0.343 e. The molecule has 0 fully saturated rings. The number of carbonyl (C=O) groups is 1. The Kier molecular flexibility index (Phi) is 11.5. The fourth-order valence-corrected chi connectivity index (χ4v) is 3.92. The van der Waals surface area contributed by atoms with Crippen molar-refractivity contribution in [3.63, 3.8) is 0 Å². The maximum atomic E-state index is 12.5. The predicted molar refractivity (Wildman–Crippen MR) is 142 cm³/mol. The molecule has 0 aliphatic heterocycles. The lowest BCUT2D eigenvalue weighted by molar-refractivity contribution is 0.0734. The minimum absolute atomic E-state index is 0.414. The number of hydrogen-bond donors (Lipinski definition) is 0. The zero-order chi connectivity index (χ0) is 25.4. The van der Waals surface area contributed by atoms with E-state index in [1.165, 1.54) is 44.9 Å². The number of nitriles is 1. The summed E-state index contributed by atoms with van der Waals surface area (Å²) in [6.45, 7) is 2.94. The van der Waals surface area contributed by atoms with Gasteiger partial charge in [-0.25, -0.2) is 4.79 Å². The summed E-state index contributed by atoms with van der Waals surface area (Å²) in [6, 6.07) is 20.4. The van der Waals surface area contributed by atoms with Crippen LogP contribution in [-0.2, 0) is 12.8 Å². The van der Waals surface area contributed by atoms with Crippen molar-refractivity contribution in [2.24, 2.45) is 0 Å². The lowest BCUT2D eigenvalue weighted by atomic mass is 10.1. The number of nitrogens with zero attached hydrogens (tertiary/aromatic N) is 2. The quantitative estimate of drug-likeness (QED) is 0.165.